The summed E-state index contributed by atoms with van der Waals surface area (Å²) in [5, 5.41) is 9.72. The highest BCUT2D eigenvalue weighted by atomic mass is 16.3. The number of nitrogens with zero attached hydrogens (tertiary/aromatic N) is 2. The van der Waals surface area contributed by atoms with Crippen LogP contribution in [-0.2, 0) is 0 Å². The largest absolute Gasteiger partial charge is 0.456 e. The van der Waals surface area contributed by atoms with Crippen molar-refractivity contribution in [3.8, 4) is 17.4 Å². The number of rotatable bonds is 2. The second kappa shape index (κ2) is 5.02. The van der Waals surface area contributed by atoms with Gasteiger partial charge in [0, 0.05) is 10.9 Å². The van der Waals surface area contributed by atoms with Crippen molar-refractivity contribution in [3.05, 3.63) is 54.1 Å². The molecule has 0 atom stereocenters. The van der Waals surface area contributed by atoms with E-state index in [-0.39, 0.29) is 5.96 Å². The molecule has 0 aliphatic carbocycles. The molecule has 0 radical (unpaired) electrons. The Morgan fingerprint density at radius 3 is 2.48 bits per heavy atom. The van der Waals surface area contributed by atoms with Gasteiger partial charge in [0.25, 0.3) is 0 Å². The number of hydrogen-bond donors (Lipinski definition) is 2. The monoisotopic (exact) mass is 276 g/mol. The zero-order valence-corrected chi connectivity index (χ0v) is 11.1. The minimum absolute atomic E-state index is 0.0187. The standard InChI is InChI=1S/C16H12N4O/c17-9-10-1-3-11(4-2-10)15-8-12-7-13(20-16(18)19)5-6-14(12)21-15/h1-8H,(H4,18,19,20). The number of furan rings is 1. The third kappa shape index (κ3) is 2.55. The topological polar surface area (TPSA) is 101 Å². The predicted molar refractivity (Wildman–Crippen MR) is 81.8 cm³/mol. The fourth-order valence-electron chi connectivity index (χ4n) is 2.10. The van der Waals surface area contributed by atoms with E-state index in [9.17, 15) is 0 Å². The number of nitrogens with two attached hydrogens (primary N) is 2. The first-order valence-electron chi connectivity index (χ1n) is 6.29. The molecule has 0 fully saturated rings. The molecule has 102 valence electrons. The first-order valence-corrected chi connectivity index (χ1v) is 6.29. The average molecular weight is 276 g/mol. The summed E-state index contributed by atoms with van der Waals surface area (Å²) < 4.78 is 5.79. The molecule has 21 heavy (non-hydrogen) atoms. The van der Waals surface area contributed by atoms with Crippen molar-refractivity contribution in [1.29, 1.82) is 5.26 Å². The van der Waals surface area contributed by atoms with Gasteiger partial charge in [0.2, 0.25) is 0 Å². The zero-order valence-electron chi connectivity index (χ0n) is 11.1. The lowest BCUT2D eigenvalue weighted by molar-refractivity contribution is 0.631. The summed E-state index contributed by atoms with van der Waals surface area (Å²) in [7, 11) is 0. The Balaban J connectivity index is 2.04. The van der Waals surface area contributed by atoms with Gasteiger partial charge in [-0.05, 0) is 48.5 Å². The molecule has 0 saturated carbocycles. The van der Waals surface area contributed by atoms with Crippen molar-refractivity contribution < 1.29 is 4.42 Å². The van der Waals surface area contributed by atoms with Crippen LogP contribution in [0.15, 0.2) is 57.9 Å². The predicted octanol–water partition coefficient (Wildman–Crippen LogP) is 2.88. The Kier molecular flexibility index (Phi) is 3.05. The number of aliphatic imine (C=N–C) groups is 1. The lowest BCUT2D eigenvalue weighted by Crippen LogP contribution is -2.21. The van der Waals surface area contributed by atoms with Gasteiger partial charge in [-0.25, -0.2) is 4.99 Å². The third-order valence-corrected chi connectivity index (χ3v) is 3.06. The average Bonchev–Trinajstić information content (AvgIpc) is 2.90. The van der Waals surface area contributed by atoms with Crippen molar-refractivity contribution in [2.75, 3.05) is 0 Å². The molecule has 0 spiro atoms. The van der Waals surface area contributed by atoms with Gasteiger partial charge < -0.3 is 15.9 Å². The minimum atomic E-state index is 0.0187. The molecule has 2 aromatic carbocycles. The molecular formula is C16H12N4O. The lowest BCUT2D eigenvalue weighted by atomic mass is 10.1. The maximum absolute atomic E-state index is 8.81. The van der Waals surface area contributed by atoms with Gasteiger partial charge in [-0.2, -0.15) is 5.26 Å². The molecule has 4 N–H and O–H groups in total. The molecule has 0 unspecified atom stereocenters. The molecule has 1 heterocycles. The van der Waals surface area contributed by atoms with Crippen LogP contribution in [0, 0.1) is 11.3 Å². The molecule has 1 aromatic heterocycles. The van der Waals surface area contributed by atoms with Crippen molar-refractivity contribution in [2.24, 2.45) is 16.5 Å². The maximum Gasteiger partial charge on any atom is 0.191 e. The normalized spacial score (nSPS) is 10.2. The van der Waals surface area contributed by atoms with Crippen molar-refractivity contribution in [3.63, 3.8) is 0 Å². The second-order valence-corrected chi connectivity index (χ2v) is 4.56. The van der Waals surface area contributed by atoms with Gasteiger partial charge in [0.1, 0.15) is 11.3 Å². The summed E-state index contributed by atoms with van der Waals surface area (Å²) in [6, 6.07) is 16.7. The van der Waals surface area contributed by atoms with Crippen LogP contribution < -0.4 is 11.5 Å². The summed E-state index contributed by atoms with van der Waals surface area (Å²) in [4.78, 5) is 4.01. The molecule has 5 nitrogen and oxygen atoms in total. The van der Waals surface area contributed by atoms with Crippen LogP contribution in [-0.4, -0.2) is 5.96 Å². The van der Waals surface area contributed by atoms with Crippen LogP contribution in [0.4, 0.5) is 5.69 Å². The first-order chi connectivity index (χ1) is 10.2. The van der Waals surface area contributed by atoms with Gasteiger partial charge in [0.05, 0.1) is 17.3 Å². The summed E-state index contributed by atoms with van der Waals surface area (Å²) in [6.07, 6.45) is 0. The summed E-state index contributed by atoms with van der Waals surface area (Å²) in [5.41, 5.74) is 13.7. The molecule has 5 heteroatoms. The number of nitriles is 1. The van der Waals surface area contributed by atoms with Crippen LogP contribution in [0.2, 0.25) is 0 Å². The molecule has 0 saturated heterocycles. The lowest BCUT2D eigenvalue weighted by Gasteiger charge is -1.95. The quantitative estimate of drug-likeness (QED) is 0.555. The van der Waals surface area contributed by atoms with Gasteiger partial charge >= 0.3 is 0 Å². The van der Waals surface area contributed by atoms with E-state index in [0.717, 1.165) is 22.3 Å². The molecule has 0 amide bonds. The Labute approximate surface area is 121 Å². The van der Waals surface area contributed by atoms with Gasteiger partial charge in [0.15, 0.2) is 5.96 Å². The van der Waals surface area contributed by atoms with Crippen LogP contribution in [0.25, 0.3) is 22.3 Å². The SMILES string of the molecule is N#Cc1ccc(-c2cc3cc(N=C(N)N)ccc3o2)cc1. The number of guanidine groups is 1. The number of hydrogen-bond acceptors (Lipinski definition) is 3. The fraction of sp³-hybridized carbons (Fsp3) is 0. The minimum Gasteiger partial charge on any atom is -0.456 e. The molecule has 0 aliphatic rings. The smallest absolute Gasteiger partial charge is 0.191 e. The van der Waals surface area contributed by atoms with Crippen LogP contribution in [0.5, 0.6) is 0 Å². The first kappa shape index (κ1) is 12.8. The molecule has 0 aliphatic heterocycles. The van der Waals surface area contributed by atoms with Crippen LogP contribution in [0.3, 0.4) is 0 Å². The van der Waals surface area contributed by atoms with Gasteiger partial charge in [-0.3, -0.25) is 0 Å². The molecule has 0 bridgehead atoms. The van der Waals surface area contributed by atoms with Crippen LogP contribution in [0.1, 0.15) is 5.56 Å². The van der Waals surface area contributed by atoms with E-state index in [0.29, 0.717) is 11.3 Å². The van der Waals surface area contributed by atoms with Crippen molar-refractivity contribution in [2.45, 2.75) is 0 Å². The van der Waals surface area contributed by atoms with E-state index >= 15 is 0 Å². The zero-order chi connectivity index (χ0) is 14.8. The molecule has 3 aromatic rings. The summed E-state index contributed by atoms with van der Waals surface area (Å²) in [6.45, 7) is 0. The Morgan fingerprint density at radius 1 is 1.05 bits per heavy atom. The van der Waals surface area contributed by atoms with E-state index in [1.165, 1.54) is 0 Å². The number of fused-ring (bicyclic) bond motifs is 1. The highest BCUT2D eigenvalue weighted by Gasteiger charge is 2.07. The van der Waals surface area contributed by atoms with E-state index in [1.807, 2.05) is 30.3 Å². The van der Waals surface area contributed by atoms with Crippen molar-refractivity contribution >= 4 is 22.6 Å². The summed E-state index contributed by atoms with van der Waals surface area (Å²) >= 11 is 0. The Hall–Kier alpha value is -3.26. The highest BCUT2D eigenvalue weighted by molar-refractivity contribution is 5.87. The maximum atomic E-state index is 8.81. The van der Waals surface area contributed by atoms with E-state index in [2.05, 4.69) is 11.1 Å². The fourth-order valence-corrected chi connectivity index (χ4v) is 2.10. The van der Waals surface area contributed by atoms with E-state index < -0.39 is 0 Å². The Morgan fingerprint density at radius 2 is 1.81 bits per heavy atom. The Bertz CT molecular complexity index is 865. The van der Waals surface area contributed by atoms with Crippen molar-refractivity contribution in [1.82, 2.24) is 0 Å². The molecule has 3 rings (SSSR count). The summed E-state index contributed by atoms with van der Waals surface area (Å²) in [5.74, 6) is 0.751. The second-order valence-electron chi connectivity index (χ2n) is 4.56. The van der Waals surface area contributed by atoms with Gasteiger partial charge in [-0.15, -0.1) is 0 Å². The van der Waals surface area contributed by atoms with E-state index in [1.54, 1.807) is 18.2 Å². The number of benzene rings is 2. The highest BCUT2D eigenvalue weighted by Crippen LogP contribution is 2.30. The van der Waals surface area contributed by atoms with Gasteiger partial charge in [-0.1, -0.05) is 0 Å². The third-order valence-electron chi connectivity index (χ3n) is 3.06. The van der Waals surface area contributed by atoms with Crippen LogP contribution >= 0.6 is 0 Å². The molecular weight excluding hydrogens is 264 g/mol. The van der Waals surface area contributed by atoms with E-state index in [4.69, 9.17) is 21.1 Å².